The lowest BCUT2D eigenvalue weighted by Gasteiger charge is -1.99. The molecular formula is C10H9BrIN3. The van der Waals surface area contributed by atoms with E-state index in [0.29, 0.717) is 5.82 Å². The molecule has 2 N–H and O–H groups in total. The summed E-state index contributed by atoms with van der Waals surface area (Å²) < 4.78 is 3.92. The summed E-state index contributed by atoms with van der Waals surface area (Å²) in [6, 6.07) is 8.00. The van der Waals surface area contributed by atoms with Crippen LogP contribution in [0.5, 0.6) is 0 Å². The number of nitrogen functional groups attached to an aromatic ring is 1. The van der Waals surface area contributed by atoms with Crippen LogP contribution in [0.4, 0.5) is 5.82 Å². The Morgan fingerprint density at radius 1 is 1.40 bits per heavy atom. The molecule has 1 heterocycles. The number of nitrogens with zero attached hydrogens (tertiary/aromatic N) is 2. The average molecular weight is 378 g/mol. The number of aromatic nitrogens is 2. The van der Waals surface area contributed by atoms with Crippen LogP contribution in [0.25, 0.3) is 11.3 Å². The third kappa shape index (κ3) is 2.17. The second-order valence-corrected chi connectivity index (χ2v) is 5.22. The standard InChI is InChI=1S/C10H9BrIN3/c1-15-10(13)5-9(14-15)6-2-3-8(12)7(11)4-6/h2-5H,13H2,1H3. The maximum atomic E-state index is 5.73. The Hall–Kier alpha value is -0.560. The molecule has 0 spiro atoms. The van der Waals surface area contributed by atoms with E-state index in [1.165, 1.54) is 3.57 Å². The van der Waals surface area contributed by atoms with Crippen molar-refractivity contribution in [3.63, 3.8) is 0 Å². The minimum Gasteiger partial charge on any atom is -0.384 e. The summed E-state index contributed by atoms with van der Waals surface area (Å²) in [6.07, 6.45) is 0. The highest BCUT2D eigenvalue weighted by Gasteiger charge is 2.06. The highest BCUT2D eigenvalue weighted by molar-refractivity contribution is 14.1. The van der Waals surface area contributed by atoms with E-state index in [0.717, 1.165) is 15.7 Å². The molecule has 0 saturated heterocycles. The topological polar surface area (TPSA) is 43.8 Å². The molecule has 0 aliphatic rings. The van der Waals surface area contributed by atoms with Crippen LogP contribution >= 0.6 is 38.5 Å². The Morgan fingerprint density at radius 3 is 2.67 bits per heavy atom. The molecule has 0 amide bonds. The molecule has 0 bridgehead atoms. The van der Waals surface area contributed by atoms with Crippen molar-refractivity contribution in [1.29, 1.82) is 0 Å². The second-order valence-electron chi connectivity index (χ2n) is 3.21. The van der Waals surface area contributed by atoms with Gasteiger partial charge in [0.15, 0.2) is 0 Å². The van der Waals surface area contributed by atoms with Crippen molar-refractivity contribution in [2.45, 2.75) is 0 Å². The average Bonchev–Trinajstić information content (AvgIpc) is 2.52. The first-order valence-corrected chi connectivity index (χ1v) is 6.20. The zero-order valence-corrected chi connectivity index (χ0v) is 11.8. The summed E-state index contributed by atoms with van der Waals surface area (Å²) in [5.74, 6) is 0.666. The lowest BCUT2D eigenvalue weighted by molar-refractivity contribution is 0.782. The lowest BCUT2D eigenvalue weighted by Crippen LogP contribution is -1.96. The number of nitrogens with two attached hydrogens (primary N) is 1. The molecule has 0 fully saturated rings. The highest BCUT2D eigenvalue weighted by atomic mass is 127. The Kier molecular flexibility index (Phi) is 3.01. The first kappa shape index (κ1) is 10.9. The van der Waals surface area contributed by atoms with Crippen molar-refractivity contribution in [3.05, 3.63) is 32.3 Å². The van der Waals surface area contributed by atoms with Gasteiger partial charge in [0.05, 0.1) is 5.69 Å². The largest absolute Gasteiger partial charge is 0.384 e. The van der Waals surface area contributed by atoms with Crippen LogP contribution in [0.15, 0.2) is 28.7 Å². The van der Waals surface area contributed by atoms with Gasteiger partial charge < -0.3 is 5.73 Å². The smallest absolute Gasteiger partial charge is 0.121 e. The number of benzene rings is 1. The van der Waals surface area contributed by atoms with E-state index < -0.39 is 0 Å². The Bertz CT molecular complexity index is 488. The molecule has 78 valence electrons. The van der Waals surface area contributed by atoms with Gasteiger partial charge in [-0.2, -0.15) is 5.10 Å². The molecule has 1 aromatic heterocycles. The van der Waals surface area contributed by atoms with Gasteiger partial charge in [-0.3, -0.25) is 4.68 Å². The molecule has 0 saturated carbocycles. The van der Waals surface area contributed by atoms with Crippen LogP contribution in [0.3, 0.4) is 0 Å². The van der Waals surface area contributed by atoms with Crippen LogP contribution in [-0.2, 0) is 7.05 Å². The van der Waals surface area contributed by atoms with Crippen LogP contribution in [-0.4, -0.2) is 9.78 Å². The van der Waals surface area contributed by atoms with E-state index in [9.17, 15) is 0 Å². The van der Waals surface area contributed by atoms with Crippen molar-refractivity contribution in [3.8, 4) is 11.3 Å². The Morgan fingerprint density at radius 2 is 2.13 bits per heavy atom. The van der Waals surface area contributed by atoms with Gasteiger partial charge in [-0.25, -0.2) is 0 Å². The third-order valence-electron chi connectivity index (χ3n) is 2.13. The molecule has 1 aromatic carbocycles. The molecule has 0 aliphatic heterocycles. The summed E-state index contributed by atoms with van der Waals surface area (Å²) in [6.45, 7) is 0. The van der Waals surface area contributed by atoms with Gasteiger partial charge in [-0.1, -0.05) is 6.07 Å². The van der Waals surface area contributed by atoms with Gasteiger partial charge >= 0.3 is 0 Å². The SMILES string of the molecule is Cn1nc(-c2ccc(I)c(Br)c2)cc1N. The third-order valence-corrected chi connectivity index (χ3v) is 4.47. The summed E-state index contributed by atoms with van der Waals surface area (Å²) in [4.78, 5) is 0. The van der Waals surface area contributed by atoms with E-state index in [4.69, 9.17) is 5.73 Å². The van der Waals surface area contributed by atoms with Crippen LogP contribution in [0, 0.1) is 3.57 Å². The number of anilines is 1. The number of hydrogen-bond donors (Lipinski definition) is 1. The number of halogens is 2. The van der Waals surface area contributed by atoms with Gasteiger partial charge in [0, 0.05) is 26.7 Å². The van der Waals surface area contributed by atoms with Gasteiger partial charge in [-0.15, -0.1) is 0 Å². The minimum absolute atomic E-state index is 0.666. The van der Waals surface area contributed by atoms with Crippen molar-refractivity contribution in [2.75, 3.05) is 5.73 Å². The van der Waals surface area contributed by atoms with E-state index >= 15 is 0 Å². The maximum Gasteiger partial charge on any atom is 0.121 e. The number of hydrogen-bond acceptors (Lipinski definition) is 2. The molecule has 0 radical (unpaired) electrons. The minimum atomic E-state index is 0.666. The Balaban J connectivity index is 2.49. The zero-order valence-electron chi connectivity index (χ0n) is 8.04. The van der Waals surface area contributed by atoms with Crippen molar-refractivity contribution in [2.24, 2.45) is 7.05 Å². The quantitative estimate of drug-likeness (QED) is 0.776. The fourth-order valence-corrected chi connectivity index (χ4v) is 1.99. The van der Waals surface area contributed by atoms with Crippen LogP contribution < -0.4 is 5.73 Å². The van der Waals surface area contributed by atoms with E-state index in [2.05, 4.69) is 43.6 Å². The molecule has 2 aromatic rings. The molecule has 3 nitrogen and oxygen atoms in total. The van der Waals surface area contributed by atoms with Gasteiger partial charge in [0.2, 0.25) is 0 Å². The van der Waals surface area contributed by atoms with E-state index in [-0.39, 0.29) is 0 Å². The highest BCUT2D eigenvalue weighted by Crippen LogP contribution is 2.26. The first-order valence-electron chi connectivity index (χ1n) is 4.33. The van der Waals surface area contributed by atoms with Gasteiger partial charge in [-0.05, 0) is 50.7 Å². The summed E-state index contributed by atoms with van der Waals surface area (Å²) >= 11 is 5.77. The monoisotopic (exact) mass is 377 g/mol. The molecule has 5 heteroatoms. The first-order chi connectivity index (χ1) is 7.08. The predicted molar refractivity (Wildman–Crippen MR) is 73.5 cm³/mol. The van der Waals surface area contributed by atoms with Crippen molar-refractivity contribution < 1.29 is 0 Å². The summed E-state index contributed by atoms with van der Waals surface area (Å²) in [5, 5.41) is 4.32. The van der Waals surface area contributed by atoms with Gasteiger partial charge in [0.1, 0.15) is 5.82 Å². The molecule has 15 heavy (non-hydrogen) atoms. The van der Waals surface area contributed by atoms with Crippen molar-refractivity contribution in [1.82, 2.24) is 9.78 Å². The predicted octanol–water partition coefficient (Wildman–Crippen LogP) is 3.04. The maximum absolute atomic E-state index is 5.73. The zero-order chi connectivity index (χ0) is 11.0. The normalized spacial score (nSPS) is 10.6. The number of aryl methyl sites for hydroxylation is 1. The fraction of sp³-hybridized carbons (Fsp3) is 0.100. The van der Waals surface area contributed by atoms with Crippen molar-refractivity contribution >= 4 is 44.3 Å². The molecule has 0 atom stereocenters. The number of rotatable bonds is 1. The Labute approximate surface area is 110 Å². The molecule has 0 unspecified atom stereocenters. The van der Waals surface area contributed by atoms with Crippen LogP contribution in [0.1, 0.15) is 0 Å². The van der Waals surface area contributed by atoms with E-state index in [1.807, 2.05) is 31.3 Å². The molecular weight excluding hydrogens is 369 g/mol. The molecule has 0 aliphatic carbocycles. The van der Waals surface area contributed by atoms with E-state index in [1.54, 1.807) is 4.68 Å². The van der Waals surface area contributed by atoms with Gasteiger partial charge in [0.25, 0.3) is 0 Å². The lowest BCUT2D eigenvalue weighted by atomic mass is 10.2. The molecule has 2 rings (SSSR count). The summed E-state index contributed by atoms with van der Waals surface area (Å²) in [7, 11) is 1.83. The fourth-order valence-electron chi connectivity index (χ4n) is 1.28. The summed E-state index contributed by atoms with van der Waals surface area (Å²) in [5.41, 5.74) is 7.69. The van der Waals surface area contributed by atoms with Crippen LogP contribution in [0.2, 0.25) is 0 Å². The second kappa shape index (κ2) is 4.13.